The van der Waals surface area contributed by atoms with Crippen LogP contribution in [0.2, 0.25) is 0 Å². The molecule has 7 heteroatoms. The molecule has 49 heavy (non-hydrogen) atoms. The Bertz CT molecular complexity index is 1660. The van der Waals surface area contributed by atoms with Crippen LogP contribution in [0.1, 0.15) is 142 Å². The maximum absolute atomic E-state index is 16.0. The highest BCUT2D eigenvalue weighted by atomic mass is 19.2. The van der Waals surface area contributed by atoms with Crippen molar-refractivity contribution in [2.24, 2.45) is 46.3 Å². The first-order chi connectivity index (χ1) is 23.1. The number of hydrogen-bond acceptors (Lipinski definition) is 2. The van der Waals surface area contributed by atoms with E-state index in [1.807, 2.05) is 26.0 Å². The number of esters is 1. The second-order valence-electron chi connectivity index (χ2n) is 18.3. The Labute approximate surface area is 294 Å². The van der Waals surface area contributed by atoms with Crippen LogP contribution in [0.3, 0.4) is 0 Å². The molecular formula is C42H61BF2N2O2. The first-order valence-corrected chi connectivity index (χ1v) is 19.7. The summed E-state index contributed by atoms with van der Waals surface area (Å²) >= 11 is 0. The zero-order valence-electron chi connectivity index (χ0n) is 31.8. The third-order valence-electron chi connectivity index (χ3n) is 14.9. The number of fused-ring (bicyclic) bond motifs is 7. The van der Waals surface area contributed by atoms with Crippen molar-refractivity contribution < 1.29 is 22.6 Å². The number of rotatable bonds is 8. The van der Waals surface area contributed by atoms with Crippen LogP contribution in [-0.4, -0.2) is 33.7 Å². The van der Waals surface area contributed by atoms with Gasteiger partial charge in [-0.3, -0.25) is 4.79 Å². The first kappa shape index (κ1) is 35.0. The second-order valence-corrected chi connectivity index (χ2v) is 18.3. The van der Waals surface area contributed by atoms with E-state index in [4.69, 9.17) is 4.74 Å². The zero-order valence-corrected chi connectivity index (χ0v) is 31.8. The highest BCUT2D eigenvalue weighted by molar-refractivity contribution is 6.58. The van der Waals surface area contributed by atoms with Crippen molar-refractivity contribution in [3.8, 4) is 0 Å². The third kappa shape index (κ3) is 5.48. The maximum Gasteiger partial charge on any atom is 0.737 e. The van der Waals surface area contributed by atoms with E-state index in [0.717, 1.165) is 65.9 Å². The van der Waals surface area contributed by atoms with Gasteiger partial charge < -0.3 is 22.3 Å². The average Bonchev–Trinajstić information content (AvgIpc) is 3.64. The number of aromatic nitrogens is 1. The molecule has 3 fully saturated rings. The minimum atomic E-state index is -4.05. The Morgan fingerprint density at radius 1 is 1.04 bits per heavy atom. The highest BCUT2D eigenvalue weighted by Crippen LogP contribution is 2.67. The van der Waals surface area contributed by atoms with Crippen molar-refractivity contribution in [3.63, 3.8) is 0 Å². The van der Waals surface area contributed by atoms with E-state index in [1.54, 1.807) is 13.8 Å². The Hall–Kier alpha value is -2.44. The molecule has 0 N–H and O–H groups in total. The van der Waals surface area contributed by atoms with E-state index in [1.165, 1.54) is 65.9 Å². The molecule has 4 nitrogen and oxygen atoms in total. The van der Waals surface area contributed by atoms with Crippen LogP contribution in [-0.2, 0) is 9.53 Å². The van der Waals surface area contributed by atoms with Gasteiger partial charge in [0.1, 0.15) is 11.8 Å². The summed E-state index contributed by atoms with van der Waals surface area (Å²) in [6.45, 7) is 15.6. The minimum absolute atomic E-state index is 0.00438. The van der Waals surface area contributed by atoms with Gasteiger partial charge in [-0.05, 0) is 129 Å². The van der Waals surface area contributed by atoms with Crippen LogP contribution in [0.4, 0.5) is 8.63 Å². The lowest BCUT2D eigenvalue weighted by Crippen LogP contribution is -2.51. The van der Waals surface area contributed by atoms with Gasteiger partial charge in [0.25, 0.3) is 0 Å². The number of nitrogens with zero attached hydrogens (tertiary/aromatic N) is 2. The summed E-state index contributed by atoms with van der Waals surface area (Å²) in [6, 6.07) is 1.81. The summed E-state index contributed by atoms with van der Waals surface area (Å²) < 4.78 is 40.6. The molecular weight excluding hydrogens is 613 g/mol. The van der Waals surface area contributed by atoms with E-state index in [9.17, 15) is 4.79 Å². The van der Waals surface area contributed by atoms with Gasteiger partial charge in [0, 0.05) is 30.7 Å². The molecule has 0 amide bonds. The average molecular weight is 675 g/mol. The third-order valence-corrected chi connectivity index (χ3v) is 14.9. The number of hydrogen-bond donors (Lipinski definition) is 0. The molecule has 0 spiro atoms. The molecule has 0 unspecified atom stereocenters. The quantitative estimate of drug-likeness (QED) is 0.156. The number of allylic oxidation sites excluding steroid dienone is 3. The molecule has 3 heterocycles. The van der Waals surface area contributed by atoms with Gasteiger partial charge in [-0.15, -0.1) is 0 Å². The lowest BCUT2D eigenvalue weighted by Gasteiger charge is -2.58. The fourth-order valence-corrected chi connectivity index (χ4v) is 12.7. The molecule has 6 aliphatic rings. The number of carbonyl (C=O) groups excluding carboxylic acids is 1. The topological polar surface area (TPSA) is 34.2 Å². The largest absolute Gasteiger partial charge is 0.737 e. The van der Waals surface area contributed by atoms with E-state index in [0.29, 0.717) is 33.8 Å². The predicted octanol–water partition coefficient (Wildman–Crippen LogP) is 10.8. The lowest BCUT2D eigenvalue weighted by molar-refractivity contribution is -0.363. The molecule has 0 saturated heterocycles. The molecule has 4 aliphatic carbocycles. The smallest absolute Gasteiger partial charge is 0.462 e. The Balaban J connectivity index is 1.05. The molecule has 2 aliphatic heterocycles. The van der Waals surface area contributed by atoms with Gasteiger partial charge in [-0.25, -0.2) is 0 Å². The molecule has 268 valence electrons. The Morgan fingerprint density at radius 3 is 2.53 bits per heavy atom. The normalized spacial score (nSPS) is 35.3. The SMILES string of the molecule is CC1=CC(C)=[N+]2C1=C(CC(=O)O[C@H]1CC[C@@]3(C)C(=CC[C@H]4[C@@H]5CC[C@H]([C@H](C)CCCC(C)C)[C@@]5(C)CC[C@@H]43)C1)c1c(C)cc(C)n1[B-]2(F)F. The molecule has 8 atom stereocenters. The maximum atomic E-state index is 16.0. The van der Waals surface area contributed by atoms with Gasteiger partial charge in [0.15, 0.2) is 5.70 Å². The van der Waals surface area contributed by atoms with Gasteiger partial charge >= 0.3 is 12.9 Å². The van der Waals surface area contributed by atoms with Crippen LogP contribution < -0.4 is 0 Å². The number of ether oxygens (including phenoxy) is 1. The van der Waals surface area contributed by atoms with Crippen molar-refractivity contribution in [1.29, 1.82) is 0 Å². The van der Waals surface area contributed by atoms with Crippen molar-refractivity contribution in [3.05, 3.63) is 52.0 Å². The van der Waals surface area contributed by atoms with Crippen molar-refractivity contribution >= 4 is 24.2 Å². The highest BCUT2D eigenvalue weighted by Gasteiger charge is 2.59. The minimum Gasteiger partial charge on any atom is -0.462 e. The first-order valence-electron chi connectivity index (χ1n) is 19.7. The van der Waals surface area contributed by atoms with Crippen LogP contribution >= 0.6 is 0 Å². The summed E-state index contributed by atoms with van der Waals surface area (Å²) in [4.78, 5) is 13.7. The standard InChI is InChI=1S/C42H61BF2N2O2/c1-25(2)11-10-12-26(3)35-15-16-36-33-14-13-31-23-32(17-19-41(31,8)37(33)18-20-42(35,36)9)49-38(48)24-34-39-27(4)21-29(6)46(39)43(44,45)47-30(7)22-28(5)40(34)47/h13,21-22,25-26,32-33,35-37H,10-12,14-20,23-24H2,1-9H3/t26-,32+,33+,35-,36+,37+,41+,42-/m1/s1. The number of aryl methyl sites for hydroxylation is 2. The van der Waals surface area contributed by atoms with E-state index in [2.05, 4.69) is 40.7 Å². The van der Waals surface area contributed by atoms with E-state index in [-0.39, 0.29) is 23.9 Å². The van der Waals surface area contributed by atoms with Gasteiger partial charge in [0.2, 0.25) is 0 Å². The number of halogens is 2. The molecule has 7 rings (SSSR count). The van der Waals surface area contributed by atoms with E-state index >= 15 is 8.63 Å². The van der Waals surface area contributed by atoms with Gasteiger partial charge in [0.05, 0.1) is 12.0 Å². The van der Waals surface area contributed by atoms with Crippen molar-refractivity contribution in [1.82, 2.24) is 4.48 Å². The van der Waals surface area contributed by atoms with Gasteiger partial charge in [-0.2, -0.15) is 0 Å². The van der Waals surface area contributed by atoms with Crippen LogP contribution in [0.25, 0.3) is 5.57 Å². The Kier molecular flexibility index (Phi) is 8.83. The molecule has 3 saturated carbocycles. The van der Waals surface area contributed by atoms with E-state index < -0.39 is 6.97 Å². The molecule has 1 aromatic heterocycles. The lowest BCUT2D eigenvalue weighted by atomic mass is 9.47. The Morgan fingerprint density at radius 2 is 1.80 bits per heavy atom. The fourth-order valence-electron chi connectivity index (χ4n) is 12.7. The van der Waals surface area contributed by atoms with Crippen LogP contribution in [0.15, 0.2) is 35.1 Å². The predicted molar refractivity (Wildman–Crippen MR) is 196 cm³/mol. The summed E-state index contributed by atoms with van der Waals surface area (Å²) in [5.74, 6) is 4.49. The molecule has 0 radical (unpaired) electrons. The fraction of sp³-hybridized carbons (Fsp3) is 0.714. The summed E-state index contributed by atoms with van der Waals surface area (Å²) in [5.41, 5.74) is 6.37. The molecule has 1 aromatic rings. The second kappa shape index (κ2) is 12.4. The number of carbonyl (C=O) groups is 1. The summed E-state index contributed by atoms with van der Waals surface area (Å²) in [6.07, 6.45) is 17.7. The molecule has 0 aromatic carbocycles. The summed E-state index contributed by atoms with van der Waals surface area (Å²) in [7, 11) is 0. The molecule has 0 bridgehead atoms. The van der Waals surface area contributed by atoms with Gasteiger partial charge in [-0.1, -0.05) is 65.5 Å². The van der Waals surface area contributed by atoms with Crippen LogP contribution in [0, 0.1) is 60.2 Å². The van der Waals surface area contributed by atoms with Crippen molar-refractivity contribution in [2.45, 2.75) is 145 Å². The van der Waals surface area contributed by atoms with Crippen LogP contribution in [0.5, 0.6) is 0 Å². The monoisotopic (exact) mass is 674 g/mol. The summed E-state index contributed by atoms with van der Waals surface area (Å²) in [5, 5.41) is 0. The van der Waals surface area contributed by atoms with Crippen molar-refractivity contribution in [2.75, 3.05) is 0 Å². The zero-order chi connectivity index (χ0) is 35.2.